The van der Waals surface area contributed by atoms with Gasteiger partial charge in [-0.05, 0) is 54.3 Å². The van der Waals surface area contributed by atoms with Crippen molar-refractivity contribution in [3.05, 3.63) is 54.1 Å². The van der Waals surface area contributed by atoms with Crippen molar-refractivity contribution in [3.8, 4) is 0 Å². The molecule has 0 saturated heterocycles. The Bertz CT molecular complexity index is 868. The largest absolute Gasteiger partial charge is 0.325 e. The van der Waals surface area contributed by atoms with E-state index in [0.29, 0.717) is 5.69 Å². The van der Waals surface area contributed by atoms with E-state index >= 15 is 0 Å². The summed E-state index contributed by atoms with van der Waals surface area (Å²) in [5.74, 6) is -0.154. The van der Waals surface area contributed by atoms with Crippen LogP contribution in [-0.4, -0.2) is 19.6 Å². The minimum absolute atomic E-state index is 0.0110. The van der Waals surface area contributed by atoms with E-state index in [2.05, 4.69) is 38.2 Å². The number of sulfonamides is 1. The second kappa shape index (κ2) is 7.82. The average Bonchev–Trinajstić information content (AvgIpc) is 2.54. The number of benzene rings is 2. The van der Waals surface area contributed by atoms with Gasteiger partial charge in [0.15, 0.2) is 0 Å². The number of hydrogen-bond donors (Lipinski definition) is 2. The van der Waals surface area contributed by atoms with E-state index in [1.807, 2.05) is 19.1 Å². The third-order valence-electron chi connectivity index (χ3n) is 3.85. The number of amides is 1. The van der Waals surface area contributed by atoms with Crippen molar-refractivity contribution in [2.75, 3.05) is 5.32 Å². The van der Waals surface area contributed by atoms with Crippen LogP contribution in [-0.2, 0) is 20.2 Å². The Morgan fingerprint density at radius 2 is 1.58 bits per heavy atom. The molecule has 0 heterocycles. The van der Waals surface area contributed by atoms with Crippen molar-refractivity contribution >= 4 is 33.4 Å². The molecule has 5 nitrogen and oxygen atoms in total. The topological polar surface area (TPSA) is 89.3 Å². The summed E-state index contributed by atoms with van der Waals surface area (Å²) in [7, 11) is -3.74. The van der Waals surface area contributed by atoms with E-state index in [9.17, 15) is 13.2 Å². The fourth-order valence-corrected chi connectivity index (χ4v) is 3.65. The van der Waals surface area contributed by atoms with Gasteiger partial charge >= 0.3 is 0 Å². The summed E-state index contributed by atoms with van der Waals surface area (Å²) < 4.78 is 22.5. The first-order valence-electron chi connectivity index (χ1n) is 8.18. The van der Waals surface area contributed by atoms with Gasteiger partial charge in [-0.2, -0.15) is 0 Å². The summed E-state index contributed by atoms with van der Waals surface area (Å²) in [5, 5.41) is 7.54. The van der Waals surface area contributed by atoms with E-state index in [1.54, 1.807) is 0 Å². The zero-order valence-corrected chi connectivity index (χ0v) is 16.9. The number of anilines is 1. The first-order valence-corrected chi connectivity index (χ1v) is 10.6. The van der Waals surface area contributed by atoms with Gasteiger partial charge in [-0.3, -0.25) is 4.79 Å². The van der Waals surface area contributed by atoms with Crippen LogP contribution in [0.4, 0.5) is 5.69 Å². The van der Waals surface area contributed by atoms with Gasteiger partial charge in [0.1, 0.15) is 0 Å². The second-order valence-electron chi connectivity index (χ2n) is 7.09. The van der Waals surface area contributed by atoms with Crippen molar-refractivity contribution in [1.82, 2.24) is 0 Å². The van der Waals surface area contributed by atoms with Gasteiger partial charge < -0.3 is 5.32 Å². The number of nitrogens with two attached hydrogens (primary N) is 1. The molecule has 0 aromatic heterocycles. The van der Waals surface area contributed by atoms with E-state index < -0.39 is 10.0 Å². The molecule has 1 atom stereocenters. The lowest BCUT2D eigenvalue weighted by Gasteiger charge is -2.19. The molecule has 0 aliphatic heterocycles. The lowest BCUT2D eigenvalue weighted by atomic mass is 9.87. The molecule has 7 heteroatoms. The monoisotopic (exact) mass is 392 g/mol. The molecule has 0 bridgehead atoms. The molecule has 0 fully saturated rings. The van der Waals surface area contributed by atoms with Crippen LogP contribution >= 0.6 is 11.8 Å². The van der Waals surface area contributed by atoms with Crippen LogP contribution in [0.3, 0.4) is 0 Å². The summed E-state index contributed by atoms with van der Waals surface area (Å²) in [6, 6.07) is 14.0. The predicted molar refractivity (Wildman–Crippen MR) is 107 cm³/mol. The van der Waals surface area contributed by atoms with Crippen molar-refractivity contribution < 1.29 is 13.2 Å². The third-order valence-corrected chi connectivity index (χ3v) is 5.89. The summed E-state index contributed by atoms with van der Waals surface area (Å²) in [6.07, 6.45) is 0. The van der Waals surface area contributed by atoms with Crippen LogP contribution in [0, 0.1) is 0 Å². The van der Waals surface area contributed by atoms with Crippen LogP contribution < -0.4 is 10.5 Å². The molecule has 2 aromatic carbocycles. The smallest absolute Gasteiger partial charge is 0.238 e. The van der Waals surface area contributed by atoms with E-state index in [-0.39, 0.29) is 21.5 Å². The molecule has 1 amide bonds. The lowest BCUT2D eigenvalue weighted by Crippen LogP contribution is -2.22. The fraction of sp³-hybridized carbons (Fsp3) is 0.316. The van der Waals surface area contributed by atoms with E-state index in [0.717, 1.165) is 4.90 Å². The van der Waals surface area contributed by atoms with Gasteiger partial charge in [-0.25, -0.2) is 13.6 Å². The molecule has 3 N–H and O–H groups in total. The highest BCUT2D eigenvalue weighted by molar-refractivity contribution is 8.00. The molecule has 0 aliphatic rings. The zero-order valence-electron chi connectivity index (χ0n) is 15.3. The Morgan fingerprint density at radius 1 is 1.04 bits per heavy atom. The number of primary sulfonamides is 1. The van der Waals surface area contributed by atoms with Gasteiger partial charge in [-0.1, -0.05) is 32.9 Å². The first kappa shape index (κ1) is 20.5. The maximum absolute atomic E-state index is 12.3. The van der Waals surface area contributed by atoms with Gasteiger partial charge in [0, 0.05) is 10.6 Å². The third kappa shape index (κ3) is 5.59. The summed E-state index contributed by atoms with van der Waals surface area (Å²) in [5.41, 5.74) is 1.86. The van der Waals surface area contributed by atoms with E-state index in [1.165, 1.54) is 41.6 Å². The van der Waals surface area contributed by atoms with Gasteiger partial charge in [0.2, 0.25) is 15.9 Å². The van der Waals surface area contributed by atoms with Gasteiger partial charge in [0.25, 0.3) is 0 Å². The number of carbonyl (C=O) groups is 1. The summed E-state index contributed by atoms with van der Waals surface area (Å²) >= 11 is 1.47. The maximum atomic E-state index is 12.3. The minimum Gasteiger partial charge on any atom is -0.325 e. The highest BCUT2D eigenvalue weighted by atomic mass is 32.2. The molecule has 2 rings (SSSR count). The van der Waals surface area contributed by atoms with Crippen LogP contribution in [0.25, 0.3) is 0 Å². The van der Waals surface area contributed by atoms with Crippen LogP contribution in [0.2, 0.25) is 0 Å². The van der Waals surface area contributed by atoms with Crippen molar-refractivity contribution in [2.24, 2.45) is 5.14 Å². The molecular formula is C19H24N2O3S2. The molecule has 140 valence electrons. The van der Waals surface area contributed by atoms with E-state index in [4.69, 9.17) is 5.14 Å². The predicted octanol–water partition coefficient (Wildman–Crippen LogP) is 3.75. The maximum Gasteiger partial charge on any atom is 0.238 e. The summed E-state index contributed by atoms with van der Waals surface area (Å²) in [6.45, 7) is 8.31. The normalized spacial score (nSPS) is 13.3. The first-order chi connectivity index (χ1) is 12.0. The SMILES string of the molecule is CC(Sc1ccc(C(C)(C)C)cc1)C(=O)Nc1ccc(S(N)(=O)=O)cc1. The van der Waals surface area contributed by atoms with Gasteiger partial charge in [-0.15, -0.1) is 11.8 Å². The Labute approximate surface area is 159 Å². The standard InChI is InChI=1S/C19H24N2O3S2/c1-13(25-16-9-5-14(6-10-16)19(2,3)4)18(22)21-15-7-11-17(12-8-15)26(20,23)24/h5-13H,1-4H3,(H,21,22)(H2,20,23,24). The van der Waals surface area contributed by atoms with Crippen molar-refractivity contribution in [2.45, 2.75) is 48.2 Å². The van der Waals surface area contributed by atoms with Gasteiger partial charge in [0.05, 0.1) is 10.1 Å². The minimum atomic E-state index is -3.74. The molecule has 0 aliphatic carbocycles. The highest BCUT2D eigenvalue weighted by Gasteiger charge is 2.17. The molecule has 1 unspecified atom stereocenters. The Morgan fingerprint density at radius 3 is 2.04 bits per heavy atom. The Hall–Kier alpha value is -1.83. The van der Waals surface area contributed by atoms with Crippen molar-refractivity contribution in [3.63, 3.8) is 0 Å². The van der Waals surface area contributed by atoms with Crippen LogP contribution in [0.1, 0.15) is 33.3 Å². The van der Waals surface area contributed by atoms with Crippen molar-refractivity contribution in [1.29, 1.82) is 0 Å². The number of thioether (sulfide) groups is 1. The molecule has 0 saturated carbocycles. The number of carbonyl (C=O) groups excluding carboxylic acids is 1. The lowest BCUT2D eigenvalue weighted by molar-refractivity contribution is -0.115. The number of rotatable bonds is 5. The Kier molecular flexibility index (Phi) is 6.16. The molecule has 0 spiro atoms. The zero-order chi connectivity index (χ0) is 19.5. The summed E-state index contributed by atoms with van der Waals surface area (Å²) in [4.78, 5) is 13.4. The number of nitrogens with one attached hydrogen (secondary N) is 1. The van der Waals surface area contributed by atoms with Crippen LogP contribution in [0.5, 0.6) is 0 Å². The number of hydrogen-bond acceptors (Lipinski definition) is 4. The quantitative estimate of drug-likeness (QED) is 0.759. The highest BCUT2D eigenvalue weighted by Crippen LogP contribution is 2.28. The molecular weight excluding hydrogens is 368 g/mol. The fourth-order valence-electron chi connectivity index (χ4n) is 2.26. The molecule has 0 radical (unpaired) electrons. The second-order valence-corrected chi connectivity index (χ2v) is 10.1. The Balaban J connectivity index is 1.99. The molecule has 26 heavy (non-hydrogen) atoms. The average molecular weight is 393 g/mol. The molecule has 2 aromatic rings. The van der Waals surface area contributed by atoms with Crippen LogP contribution in [0.15, 0.2) is 58.3 Å².